The van der Waals surface area contributed by atoms with Gasteiger partial charge in [0.2, 0.25) is 0 Å². The van der Waals surface area contributed by atoms with E-state index in [4.69, 9.17) is 15.2 Å². The zero-order chi connectivity index (χ0) is 24.9. The van der Waals surface area contributed by atoms with Crippen LogP contribution in [0.2, 0.25) is 0 Å². The van der Waals surface area contributed by atoms with Gasteiger partial charge in [0.15, 0.2) is 0 Å². The molecule has 3 aromatic heterocycles. The molecular weight excluding hydrogens is 467 g/mol. The highest BCUT2D eigenvalue weighted by Gasteiger charge is 2.37. The number of nitrogen functional groups attached to an aromatic ring is 1. The molecule has 5 rings (SSSR count). The molecule has 3 aromatic rings. The Kier molecular flexibility index (Phi) is 5.72. The SMILES string of the molecule is C[C@H]1OCc2c1c(N)nc1cnc(C(=O)N3[C@@H](C)COC[C@H]3c3ccc(OC(F)(F)F)cn3)cc21. The van der Waals surface area contributed by atoms with E-state index >= 15 is 0 Å². The van der Waals surface area contributed by atoms with Crippen LogP contribution in [-0.4, -0.2) is 51.4 Å². The van der Waals surface area contributed by atoms with Crippen LogP contribution in [-0.2, 0) is 16.1 Å². The molecule has 0 unspecified atom stereocenters. The van der Waals surface area contributed by atoms with Crippen molar-refractivity contribution in [2.24, 2.45) is 0 Å². The van der Waals surface area contributed by atoms with Crippen molar-refractivity contribution in [3.8, 4) is 5.75 Å². The fraction of sp³-hybridized carbons (Fsp3) is 0.391. The molecule has 35 heavy (non-hydrogen) atoms. The van der Waals surface area contributed by atoms with E-state index in [2.05, 4.69) is 19.7 Å². The average molecular weight is 489 g/mol. The van der Waals surface area contributed by atoms with Crippen molar-refractivity contribution in [3.05, 3.63) is 53.1 Å². The third kappa shape index (κ3) is 4.34. The van der Waals surface area contributed by atoms with Crippen LogP contribution in [0.4, 0.5) is 19.0 Å². The molecule has 5 heterocycles. The van der Waals surface area contributed by atoms with Crippen molar-refractivity contribution in [1.82, 2.24) is 19.9 Å². The number of pyridine rings is 3. The third-order valence-electron chi connectivity index (χ3n) is 6.17. The van der Waals surface area contributed by atoms with Crippen LogP contribution in [0.1, 0.15) is 53.3 Å². The van der Waals surface area contributed by atoms with Crippen molar-refractivity contribution in [1.29, 1.82) is 0 Å². The van der Waals surface area contributed by atoms with Gasteiger partial charge in [0, 0.05) is 10.9 Å². The van der Waals surface area contributed by atoms with Crippen molar-refractivity contribution >= 4 is 22.6 Å². The molecule has 0 aliphatic carbocycles. The summed E-state index contributed by atoms with van der Waals surface area (Å²) in [5.74, 6) is -0.427. The van der Waals surface area contributed by atoms with Gasteiger partial charge in [-0.3, -0.25) is 9.78 Å². The fourth-order valence-corrected chi connectivity index (χ4v) is 4.59. The molecule has 0 bridgehead atoms. The minimum atomic E-state index is -4.82. The maximum Gasteiger partial charge on any atom is 0.573 e. The predicted molar refractivity (Wildman–Crippen MR) is 117 cm³/mol. The Balaban J connectivity index is 1.48. The third-order valence-corrected chi connectivity index (χ3v) is 6.17. The van der Waals surface area contributed by atoms with Crippen LogP contribution >= 0.6 is 0 Å². The molecule has 2 N–H and O–H groups in total. The number of nitrogens with zero attached hydrogens (tertiary/aromatic N) is 4. The van der Waals surface area contributed by atoms with Crippen LogP contribution in [0, 0.1) is 0 Å². The van der Waals surface area contributed by atoms with Crippen LogP contribution in [0.5, 0.6) is 5.75 Å². The molecule has 3 atom stereocenters. The molecule has 0 saturated carbocycles. The molecule has 2 aliphatic rings. The molecular formula is C23H22F3N5O4. The molecule has 2 aliphatic heterocycles. The number of aromatic nitrogens is 3. The van der Waals surface area contributed by atoms with E-state index in [-0.39, 0.29) is 30.4 Å². The van der Waals surface area contributed by atoms with E-state index in [0.717, 1.165) is 28.8 Å². The lowest BCUT2D eigenvalue weighted by molar-refractivity contribution is -0.274. The zero-order valence-electron chi connectivity index (χ0n) is 18.9. The Morgan fingerprint density at radius 1 is 1.20 bits per heavy atom. The summed E-state index contributed by atoms with van der Waals surface area (Å²) < 4.78 is 52.7. The van der Waals surface area contributed by atoms with Crippen LogP contribution in [0.25, 0.3) is 10.9 Å². The number of rotatable bonds is 3. The number of alkyl halides is 3. The fourth-order valence-electron chi connectivity index (χ4n) is 4.59. The summed E-state index contributed by atoms with van der Waals surface area (Å²) in [6.45, 7) is 4.49. The van der Waals surface area contributed by atoms with Gasteiger partial charge in [-0.25, -0.2) is 9.97 Å². The van der Waals surface area contributed by atoms with Gasteiger partial charge in [-0.05, 0) is 37.6 Å². The first-order valence-corrected chi connectivity index (χ1v) is 10.9. The quantitative estimate of drug-likeness (QED) is 0.593. The second-order valence-electron chi connectivity index (χ2n) is 8.51. The summed E-state index contributed by atoms with van der Waals surface area (Å²) in [4.78, 5) is 28.1. The standard InChI is InChI=1S/C23H22F3N5O4/c1-11-8-33-10-19(16-4-3-13(6-28-16)35-23(24,25)26)31(11)22(32)17-5-14-15-9-34-12(2)20(15)21(27)30-18(14)7-29-17/h3-7,11-12,19H,8-10H2,1-2H3,(H2,27,30)/t11-,12+,19-/m0/s1. The molecule has 1 fully saturated rings. The lowest BCUT2D eigenvalue weighted by Gasteiger charge is -2.40. The van der Waals surface area contributed by atoms with Gasteiger partial charge >= 0.3 is 6.36 Å². The van der Waals surface area contributed by atoms with E-state index in [1.54, 1.807) is 11.0 Å². The highest BCUT2D eigenvalue weighted by atomic mass is 19.4. The second kappa shape index (κ2) is 8.61. The van der Waals surface area contributed by atoms with Gasteiger partial charge in [0.1, 0.15) is 17.3 Å². The van der Waals surface area contributed by atoms with Gasteiger partial charge in [0.05, 0.1) is 61.6 Å². The van der Waals surface area contributed by atoms with Gasteiger partial charge in [-0.2, -0.15) is 0 Å². The number of halogens is 3. The van der Waals surface area contributed by atoms with Crippen molar-refractivity contribution in [3.63, 3.8) is 0 Å². The highest BCUT2D eigenvalue weighted by molar-refractivity contribution is 5.97. The summed E-state index contributed by atoms with van der Waals surface area (Å²) >= 11 is 0. The summed E-state index contributed by atoms with van der Waals surface area (Å²) in [5.41, 5.74) is 8.92. The monoisotopic (exact) mass is 489 g/mol. The Bertz CT molecular complexity index is 1280. The van der Waals surface area contributed by atoms with E-state index in [1.807, 2.05) is 13.8 Å². The van der Waals surface area contributed by atoms with Crippen LogP contribution in [0.15, 0.2) is 30.6 Å². The number of ether oxygens (including phenoxy) is 3. The normalized spacial score (nSPS) is 22.3. The van der Waals surface area contributed by atoms with E-state index < -0.39 is 18.2 Å². The maximum absolute atomic E-state index is 13.7. The first-order chi connectivity index (χ1) is 16.6. The Labute approximate surface area is 198 Å². The highest BCUT2D eigenvalue weighted by Crippen LogP contribution is 2.38. The number of carbonyl (C=O) groups is 1. The zero-order valence-corrected chi connectivity index (χ0v) is 18.9. The lowest BCUT2D eigenvalue weighted by Crippen LogP contribution is -2.49. The lowest BCUT2D eigenvalue weighted by atomic mass is 10.0. The van der Waals surface area contributed by atoms with Gasteiger partial charge in [-0.15, -0.1) is 13.2 Å². The molecule has 184 valence electrons. The Morgan fingerprint density at radius 3 is 2.71 bits per heavy atom. The predicted octanol–water partition coefficient (Wildman–Crippen LogP) is 3.70. The Morgan fingerprint density at radius 2 is 2.00 bits per heavy atom. The molecule has 0 aromatic carbocycles. The van der Waals surface area contributed by atoms with Crippen molar-refractivity contribution in [2.75, 3.05) is 18.9 Å². The Hall–Kier alpha value is -3.51. The molecule has 12 heteroatoms. The minimum Gasteiger partial charge on any atom is -0.404 e. The first-order valence-electron chi connectivity index (χ1n) is 10.9. The van der Waals surface area contributed by atoms with Gasteiger partial charge in [0.25, 0.3) is 5.91 Å². The first kappa shape index (κ1) is 23.2. The molecule has 1 saturated heterocycles. The van der Waals surface area contributed by atoms with Gasteiger partial charge in [-0.1, -0.05) is 0 Å². The number of amides is 1. The molecule has 9 nitrogen and oxygen atoms in total. The average Bonchev–Trinajstić information content (AvgIpc) is 3.20. The van der Waals surface area contributed by atoms with Crippen LogP contribution < -0.4 is 10.5 Å². The summed E-state index contributed by atoms with van der Waals surface area (Å²) in [6, 6.07) is 3.27. The van der Waals surface area contributed by atoms with Crippen molar-refractivity contribution < 1.29 is 32.2 Å². The van der Waals surface area contributed by atoms with Gasteiger partial charge < -0.3 is 24.8 Å². The van der Waals surface area contributed by atoms with Crippen molar-refractivity contribution in [2.45, 2.75) is 45.0 Å². The topological polar surface area (TPSA) is 113 Å². The summed E-state index contributed by atoms with van der Waals surface area (Å²) in [5, 5.41) is 0.737. The molecule has 0 radical (unpaired) electrons. The number of nitrogens with two attached hydrogens (primary N) is 1. The number of anilines is 1. The van der Waals surface area contributed by atoms with E-state index in [9.17, 15) is 18.0 Å². The number of hydrogen-bond acceptors (Lipinski definition) is 8. The van der Waals surface area contributed by atoms with E-state index in [1.165, 1.54) is 12.3 Å². The largest absolute Gasteiger partial charge is 0.573 e. The summed E-state index contributed by atoms with van der Waals surface area (Å²) in [6.07, 6.45) is -2.55. The molecule has 1 amide bonds. The smallest absolute Gasteiger partial charge is 0.404 e. The minimum absolute atomic E-state index is 0.134. The van der Waals surface area contributed by atoms with Crippen LogP contribution in [0.3, 0.4) is 0 Å². The number of hydrogen-bond donors (Lipinski definition) is 1. The number of carbonyl (C=O) groups excluding carboxylic acids is 1. The molecule has 0 spiro atoms. The second-order valence-corrected chi connectivity index (χ2v) is 8.51. The van der Waals surface area contributed by atoms with E-state index in [0.29, 0.717) is 30.2 Å². The summed E-state index contributed by atoms with van der Waals surface area (Å²) in [7, 11) is 0. The number of morpholine rings is 1. The number of fused-ring (bicyclic) bond motifs is 3. The maximum atomic E-state index is 13.7.